The minimum atomic E-state index is -4.47. The van der Waals surface area contributed by atoms with Gasteiger partial charge in [0.25, 0.3) is 5.91 Å². The standard InChI is InChI=1S/C17H23F3N2O3/c1-16(2,3)13(8-9-23)22-14(24)10-21-15(25)11-4-6-12(7-5-11)17(18,19)20/h4-7,13,23H,8-10H2,1-3H3,(H,21,25)(H,22,24)/t13-/m1/s1. The molecule has 3 N–H and O–H groups in total. The molecule has 0 saturated heterocycles. The third kappa shape index (κ3) is 6.74. The highest BCUT2D eigenvalue weighted by Gasteiger charge is 2.30. The number of alkyl halides is 3. The van der Waals surface area contributed by atoms with E-state index in [-0.39, 0.29) is 30.2 Å². The van der Waals surface area contributed by atoms with Gasteiger partial charge in [-0.3, -0.25) is 9.59 Å². The van der Waals surface area contributed by atoms with E-state index in [0.29, 0.717) is 6.42 Å². The van der Waals surface area contributed by atoms with Gasteiger partial charge >= 0.3 is 6.18 Å². The molecule has 1 aromatic carbocycles. The fourth-order valence-electron chi connectivity index (χ4n) is 2.17. The van der Waals surface area contributed by atoms with E-state index in [4.69, 9.17) is 5.11 Å². The summed E-state index contributed by atoms with van der Waals surface area (Å²) in [7, 11) is 0. The summed E-state index contributed by atoms with van der Waals surface area (Å²) in [5.41, 5.74) is -1.09. The van der Waals surface area contributed by atoms with Crippen LogP contribution in [-0.2, 0) is 11.0 Å². The lowest BCUT2D eigenvalue weighted by Crippen LogP contribution is -2.47. The van der Waals surface area contributed by atoms with Crippen LogP contribution in [0, 0.1) is 5.41 Å². The van der Waals surface area contributed by atoms with Crippen molar-refractivity contribution in [1.82, 2.24) is 10.6 Å². The summed E-state index contributed by atoms with van der Waals surface area (Å²) >= 11 is 0. The van der Waals surface area contributed by atoms with Crippen molar-refractivity contribution in [2.75, 3.05) is 13.2 Å². The summed E-state index contributed by atoms with van der Waals surface area (Å²) < 4.78 is 37.5. The highest BCUT2D eigenvalue weighted by Crippen LogP contribution is 2.29. The van der Waals surface area contributed by atoms with Crippen LogP contribution in [0.5, 0.6) is 0 Å². The number of aliphatic hydroxyl groups excluding tert-OH is 1. The third-order valence-corrected chi connectivity index (χ3v) is 3.68. The number of nitrogens with one attached hydrogen (secondary N) is 2. The number of hydrogen-bond acceptors (Lipinski definition) is 3. The summed E-state index contributed by atoms with van der Waals surface area (Å²) in [5, 5.41) is 14.2. The predicted molar refractivity (Wildman–Crippen MR) is 86.9 cm³/mol. The van der Waals surface area contributed by atoms with Gasteiger partial charge in [0.15, 0.2) is 0 Å². The average molecular weight is 360 g/mol. The number of aliphatic hydroxyl groups is 1. The molecule has 0 radical (unpaired) electrons. The largest absolute Gasteiger partial charge is 0.416 e. The van der Waals surface area contributed by atoms with E-state index in [1.165, 1.54) is 0 Å². The molecule has 1 rings (SSSR count). The molecule has 0 aromatic heterocycles. The van der Waals surface area contributed by atoms with E-state index in [1.807, 2.05) is 20.8 Å². The number of benzene rings is 1. The molecule has 0 unspecified atom stereocenters. The van der Waals surface area contributed by atoms with E-state index >= 15 is 0 Å². The number of amides is 2. The number of halogens is 3. The summed E-state index contributed by atoms with van der Waals surface area (Å²) in [6, 6.07) is 3.46. The molecule has 8 heteroatoms. The minimum absolute atomic E-state index is 0.0310. The summed E-state index contributed by atoms with van der Waals surface area (Å²) in [5.74, 6) is -1.08. The Morgan fingerprint density at radius 1 is 1.12 bits per heavy atom. The zero-order valence-electron chi connectivity index (χ0n) is 14.4. The van der Waals surface area contributed by atoms with Crippen LogP contribution < -0.4 is 10.6 Å². The molecule has 25 heavy (non-hydrogen) atoms. The Morgan fingerprint density at radius 3 is 2.12 bits per heavy atom. The van der Waals surface area contributed by atoms with E-state index in [1.54, 1.807) is 0 Å². The smallest absolute Gasteiger partial charge is 0.396 e. The van der Waals surface area contributed by atoms with Crippen LogP contribution in [0.15, 0.2) is 24.3 Å². The third-order valence-electron chi connectivity index (χ3n) is 3.68. The maximum absolute atomic E-state index is 12.5. The topological polar surface area (TPSA) is 78.4 Å². The lowest BCUT2D eigenvalue weighted by atomic mass is 9.85. The second kappa shape index (κ2) is 8.33. The van der Waals surface area contributed by atoms with Gasteiger partial charge in [-0.15, -0.1) is 0 Å². The van der Waals surface area contributed by atoms with E-state index in [9.17, 15) is 22.8 Å². The van der Waals surface area contributed by atoms with Gasteiger partial charge in [0, 0.05) is 18.2 Å². The Morgan fingerprint density at radius 2 is 1.68 bits per heavy atom. The minimum Gasteiger partial charge on any atom is -0.396 e. The van der Waals surface area contributed by atoms with Crippen LogP contribution in [0.25, 0.3) is 0 Å². The Balaban J connectivity index is 2.59. The Kier molecular flexibility index (Phi) is 6.98. The molecular formula is C17H23F3N2O3. The van der Waals surface area contributed by atoms with Gasteiger partial charge in [0.1, 0.15) is 0 Å². The number of rotatable bonds is 6. The van der Waals surface area contributed by atoms with Gasteiger partial charge in [0.2, 0.25) is 5.91 Å². The fraction of sp³-hybridized carbons (Fsp3) is 0.529. The van der Waals surface area contributed by atoms with E-state index in [0.717, 1.165) is 24.3 Å². The number of carbonyl (C=O) groups is 2. The van der Waals surface area contributed by atoms with Crippen LogP contribution in [0.2, 0.25) is 0 Å². The van der Waals surface area contributed by atoms with Gasteiger partial charge in [-0.25, -0.2) is 0 Å². The first kappa shape index (κ1) is 21.0. The number of hydrogen-bond donors (Lipinski definition) is 3. The Hall–Kier alpha value is -2.09. The average Bonchev–Trinajstić information content (AvgIpc) is 2.50. The van der Waals surface area contributed by atoms with Crippen molar-refractivity contribution < 1.29 is 27.9 Å². The van der Waals surface area contributed by atoms with Gasteiger partial charge in [0.05, 0.1) is 12.1 Å². The zero-order valence-corrected chi connectivity index (χ0v) is 14.4. The number of carbonyl (C=O) groups excluding carboxylic acids is 2. The van der Waals surface area contributed by atoms with Crippen LogP contribution >= 0.6 is 0 Å². The Bertz CT molecular complexity index is 593. The van der Waals surface area contributed by atoms with Gasteiger partial charge in [-0.1, -0.05) is 20.8 Å². The molecule has 0 fully saturated rings. The molecule has 0 aliphatic rings. The summed E-state index contributed by atoms with van der Waals surface area (Å²) in [6.45, 7) is 5.34. The van der Waals surface area contributed by atoms with Crippen LogP contribution in [0.1, 0.15) is 43.1 Å². The Labute approximate surface area is 144 Å². The van der Waals surface area contributed by atoms with Crippen molar-refractivity contribution in [2.24, 2.45) is 5.41 Å². The first-order valence-corrected chi connectivity index (χ1v) is 7.81. The van der Waals surface area contributed by atoms with Crippen molar-refractivity contribution in [2.45, 2.75) is 39.4 Å². The lowest BCUT2D eigenvalue weighted by molar-refractivity contribution is -0.137. The highest BCUT2D eigenvalue weighted by atomic mass is 19.4. The van der Waals surface area contributed by atoms with Gasteiger partial charge in [-0.05, 0) is 36.1 Å². The summed E-state index contributed by atoms with van der Waals surface area (Å²) in [4.78, 5) is 23.8. The molecule has 0 heterocycles. The highest BCUT2D eigenvalue weighted by molar-refractivity contribution is 5.96. The molecule has 0 spiro atoms. The molecular weight excluding hydrogens is 337 g/mol. The fourth-order valence-corrected chi connectivity index (χ4v) is 2.17. The van der Waals surface area contributed by atoms with Crippen molar-refractivity contribution in [1.29, 1.82) is 0 Å². The first-order chi connectivity index (χ1) is 11.4. The quantitative estimate of drug-likeness (QED) is 0.729. The molecule has 1 aromatic rings. The SMILES string of the molecule is CC(C)(C)[C@@H](CCO)NC(=O)CNC(=O)c1ccc(C(F)(F)F)cc1. The first-order valence-electron chi connectivity index (χ1n) is 7.81. The molecule has 140 valence electrons. The van der Waals surface area contributed by atoms with Crippen LogP contribution in [0.3, 0.4) is 0 Å². The predicted octanol–water partition coefficient (Wildman–Crippen LogP) is 2.35. The summed E-state index contributed by atoms with van der Waals surface area (Å²) in [6.07, 6.45) is -4.09. The lowest BCUT2D eigenvalue weighted by Gasteiger charge is -2.31. The normalized spacial score (nSPS) is 13.2. The molecule has 1 atom stereocenters. The van der Waals surface area contributed by atoms with Crippen molar-refractivity contribution in [3.63, 3.8) is 0 Å². The second-order valence-corrected chi connectivity index (χ2v) is 6.76. The van der Waals surface area contributed by atoms with E-state index < -0.39 is 23.6 Å². The molecule has 2 amide bonds. The molecule has 0 bridgehead atoms. The molecule has 5 nitrogen and oxygen atoms in total. The van der Waals surface area contributed by atoms with Crippen molar-refractivity contribution in [3.8, 4) is 0 Å². The van der Waals surface area contributed by atoms with Crippen molar-refractivity contribution >= 4 is 11.8 Å². The second-order valence-electron chi connectivity index (χ2n) is 6.76. The van der Waals surface area contributed by atoms with Gasteiger partial charge in [-0.2, -0.15) is 13.2 Å². The molecule has 0 saturated carbocycles. The van der Waals surface area contributed by atoms with Gasteiger partial charge < -0.3 is 15.7 Å². The van der Waals surface area contributed by atoms with Crippen LogP contribution in [-0.4, -0.2) is 36.1 Å². The van der Waals surface area contributed by atoms with E-state index in [2.05, 4.69) is 10.6 Å². The maximum atomic E-state index is 12.5. The van der Waals surface area contributed by atoms with Crippen molar-refractivity contribution in [3.05, 3.63) is 35.4 Å². The zero-order chi connectivity index (χ0) is 19.3. The molecule has 0 aliphatic heterocycles. The molecule has 0 aliphatic carbocycles. The maximum Gasteiger partial charge on any atom is 0.416 e. The monoisotopic (exact) mass is 360 g/mol. The van der Waals surface area contributed by atoms with Crippen LogP contribution in [0.4, 0.5) is 13.2 Å².